The molecule has 0 heterocycles. The number of nitrogens with one attached hydrogen (secondary N) is 1. The fourth-order valence-corrected chi connectivity index (χ4v) is 2.42. The first-order chi connectivity index (χ1) is 7.53. The topological polar surface area (TPSA) is 12.0 Å². The Labute approximate surface area is 103 Å². The van der Waals surface area contributed by atoms with Crippen LogP contribution in [0.25, 0.3) is 0 Å². The minimum Gasteiger partial charge on any atom is -0.307 e. The maximum absolute atomic E-state index is 6.19. The van der Waals surface area contributed by atoms with Crippen LogP contribution in [-0.2, 0) is 0 Å². The SMILES string of the molecule is CC(NC(C)C1(C)CC1)c1ccccc1Cl. The Hall–Kier alpha value is -0.530. The largest absolute Gasteiger partial charge is 0.307 e. The molecule has 1 aromatic carbocycles. The Morgan fingerprint density at radius 1 is 1.25 bits per heavy atom. The lowest BCUT2D eigenvalue weighted by molar-refractivity contribution is 0.350. The summed E-state index contributed by atoms with van der Waals surface area (Å²) >= 11 is 6.19. The highest BCUT2D eigenvalue weighted by molar-refractivity contribution is 6.31. The van der Waals surface area contributed by atoms with E-state index in [9.17, 15) is 0 Å². The molecule has 2 heteroatoms. The van der Waals surface area contributed by atoms with Crippen LogP contribution in [0.3, 0.4) is 0 Å². The molecule has 1 fully saturated rings. The van der Waals surface area contributed by atoms with Crippen LogP contribution in [0.1, 0.15) is 45.2 Å². The van der Waals surface area contributed by atoms with Gasteiger partial charge in [-0.05, 0) is 43.7 Å². The average molecular weight is 238 g/mol. The van der Waals surface area contributed by atoms with E-state index in [-0.39, 0.29) is 0 Å². The molecule has 2 atom stereocenters. The van der Waals surface area contributed by atoms with Crippen LogP contribution in [0.4, 0.5) is 0 Å². The Morgan fingerprint density at radius 2 is 1.88 bits per heavy atom. The van der Waals surface area contributed by atoms with Crippen molar-refractivity contribution in [1.29, 1.82) is 0 Å². The van der Waals surface area contributed by atoms with Gasteiger partial charge >= 0.3 is 0 Å². The minimum atomic E-state index is 0.320. The number of halogens is 1. The summed E-state index contributed by atoms with van der Waals surface area (Å²) in [5.41, 5.74) is 1.70. The van der Waals surface area contributed by atoms with Gasteiger partial charge < -0.3 is 5.32 Å². The third-order valence-electron chi connectivity index (χ3n) is 3.96. The maximum Gasteiger partial charge on any atom is 0.0453 e. The van der Waals surface area contributed by atoms with Crippen LogP contribution in [0, 0.1) is 5.41 Å². The van der Waals surface area contributed by atoms with Gasteiger partial charge in [0.15, 0.2) is 0 Å². The van der Waals surface area contributed by atoms with Gasteiger partial charge in [-0.2, -0.15) is 0 Å². The summed E-state index contributed by atoms with van der Waals surface area (Å²) < 4.78 is 0. The molecular weight excluding hydrogens is 218 g/mol. The minimum absolute atomic E-state index is 0.320. The summed E-state index contributed by atoms with van der Waals surface area (Å²) in [5.74, 6) is 0. The zero-order valence-corrected chi connectivity index (χ0v) is 11.0. The Balaban J connectivity index is 2.03. The Morgan fingerprint density at radius 3 is 2.44 bits per heavy atom. The van der Waals surface area contributed by atoms with Crippen molar-refractivity contribution in [3.63, 3.8) is 0 Å². The van der Waals surface area contributed by atoms with Gasteiger partial charge in [0.2, 0.25) is 0 Å². The van der Waals surface area contributed by atoms with Crippen LogP contribution in [0.5, 0.6) is 0 Å². The molecule has 1 aromatic rings. The van der Waals surface area contributed by atoms with Gasteiger partial charge in [0.05, 0.1) is 0 Å². The van der Waals surface area contributed by atoms with Crippen LogP contribution < -0.4 is 5.32 Å². The summed E-state index contributed by atoms with van der Waals surface area (Å²) in [6.45, 7) is 6.81. The summed E-state index contributed by atoms with van der Waals surface area (Å²) in [7, 11) is 0. The second-order valence-corrected chi connectivity index (χ2v) is 5.69. The van der Waals surface area contributed by atoms with Crippen LogP contribution in [0.2, 0.25) is 5.02 Å². The normalized spacial score (nSPS) is 21.5. The van der Waals surface area contributed by atoms with Crippen molar-refractivity contribution in [1.82, 2.24) is 5.32 Å². The molecule has 88 valence electrons. The molecule has 1 aliphatic rings. The molecule has 1 N–H and O–H groups in total. The highest BCUT2D eigenvalue weighted by Crippen LogP contribution is 2.48. The molecule has 16 heavy (non-hydrogen) atoms. The molecule has 2 unspecified atom stereocenters. The fourth-order valence-electron chi connectivity index (χ4n) is 2.12. The van der Waals surface area contributed by atoms with Gasteiger partial charge in [-0.15, -0.1) is 0 Å². The average Bonchev–Trinajstić information content (AvgIpc) is 2.98. The standard InChI is InChI=1S/C14H20ClN/c1-10(12-6-4-5-7-13(12)15)16-11(2)14(3)8-9-14/h4-7,10-11,16H,8-9H2,1-3H3. The Kier molecular flexibility index (Phi) is 3.27. The van der Waals surface area contributed by atoms with Crippen LogP contribution >= 0.6 is 11.6 Å². The first kappa shape index (κ1) is 11.9. The molecule has 0 radical (unpaired) electrons. The van der Waals surface area contributed by atoms with Gasteiger partial charge in [-0.25, -0.2) is 0 Å². The predicted octanol–water partition coefficient (Wildman–Crippen LogP) is 4.18. The highest BCUT2D eigenvalue weighted by Gasteiger charge is 2.42. The summed E-state index contributed by atoms with van der Waals surface area (Å²) in [4.78, 5) is 0. The van der Waals surface area contributed by atoms with Crippen molar-refractivity contribution in [3.8, 4) is 0 Å². The quantitative estimate of drug-likeness (QED) is 0.829. The van der Waals surface area contributed by atoms with E-state index in [4.69, 9.17) is 11.6 Å². The van der Waals surface area contributed by atoms with E-state index in [0.29, 0.717) is 17.5 Å². The van der Waals surface area contributed by atoms with Crippen molar-refractivity contribution in [2.75, 3.05) is 0 Å². The zero-order chi connectivity index (χ0) is 11.8. The van der Waals surface area contributed by atoms with Gasteiger partial charge in [0, 0.05) is 17.1 Å². The molecule has 1 aliphatic carbocycles. The summed E-state index contributed by atoms with van der Waals surface area (Å²) in [6, 6.07) is 8.95. The number of hydrogen-bond donors (Lipinski definition) is 1. The highest BCUT2D eigenvalue weighted by atomic mass is 35.5. The van der Waals surface area contributed by atoms with E-state index in [0.717, 1.165) is 5.02 Å². The molecule has 0 saturated heterocycles. The number of rotatable bonds is 4. The fraction of sp³-hybridized carbons (Fsp3) is 0.571. The molecule has 0 aromatic heterocycles. The van der Waals surface area contributed by atoms with Crippen molar-refractivity contribution < 1.29 is 0 Å². The van der Waals surface area contributed by atoms with E-state index in [1.165, 1.54) is 18.4 Å². The van der Waals surface area contributed by atoms with Gasteiger partial charge in [-0.1, -0.05) is 36.7 Å². The first-order valence-corrected chi connectivity index (χ1v) is 6.41. The second kappa shape index (κ2) is 4.38. The van der Waals surface area contributed by atoms with E-state index < -0.39 is 0 Å². The smallest absolute Gasteiger partial charge is 0.0453 e. The molecule has 0 aliphatic heterocycles. The summed E-state index contributed by atoms with van der Waals surface area (Å²) in [5, 5.41) is 4.51. The zero-order valence-electron chi connectivity index (χ0n) is 10.3. The number of hydrogen-bond acceptors (Lipinski definition) is 1. The summed E-state index contributed by atoms with van der Waals surface area (Å²) in [6.07, 6.45) is 2.69. The molecule has 1 nitrogen and oxygen atoms in total. The lowest BCUT2D eigenvalue weighted by atomic mass is 9.98. The van der Waals surface area contributed by atoms with Crippen molar-refractivity contribution in [3.05, 3.63) is 34.9 Å². The van der Waals surface area contributed by atoms with Gasteiger partial charge in [-0.3, -0.25) is 0 Å². The Bertz CT molecular complexity index is 371. The van der Waals surface area contributed by atoms with E-state index in [1.807, 2.05) is 18.2 Å². The second-order valence-electron chi connectivity index (χ2n) is 5.29. The van der Waals surface area contributed by atoms with Gasteiger partial charge in [0.25, 0.3) is 0 Å². The molecule has 1 saturated carbocycles. The third-order valence-corrected chi connectivity index (χ3v) is 4.30. The van der Waals surface area contributed by atoms with Gasteiger partial charge in [0.1, 0.15) is 0 Å². The van der Waals surface area contributed by atoms with E-state index >= 15 is 0 Å². The molecule has 0 spiro atoms. The monoisotopic (exact) mass is 237 g/mol. The van der Waals surface area contributed by atoms with E-state index in [2.05, 4.69) is 32.2 Å². The molecular formula is C14H20ClN. The van der Waals surface area contributed by atoms with Crippen molar-refractivity contribution >= 4 is 11.6 Å². The lowest BCUT2D eigenvalue weighted by Gasteiger charge is -2.25. The predicted molar refractivity (Wildman–Crippen MR) is 69.8 cm³/mol. The van der Waals surface area contributed by atoms with Crippen molar-refractivity contribution in [2.24, 2.45) is 5.41 Å². The van der Waals surface area contributed by atoms with Crippen LogP contribution in [-0.4, -0.2) is 6.04 Å². The number of benzene rings is 1. The molecule has 0 bridgehead atoms. The first-order valence-electron chi connectivity index (χ1n) is 6.03. The molecule has 0 amide bonds. The van der Waals surface area contributed by atoms with E-state index in [1.54, 1.807) is 0 Å². The van der Waals surface area contributed by atoms with Crippen LogP contribution in [0.15, 0.2) is 24.3 Å². The third kappa shape index (κ3) is 2.41. The lowest BCUT2D eigenvalue weighted by Crippen LogP contribution is -2.35. The van der Waals surface area contributed by atoms with Crippen molar-refractivity contribution in [2.45, 2.75) is 45.7 Å². The maximum atomic E-state index is 6.19. The molecule has 2 rings (SSSR count).